The number of rotatable bonds is 2. The lowest BCUT2D eigenvalue weighted by molar-refractivity contribution is -0.134. The van der Waals surface area contributed by atoms with Gasteiger partial charge in [-0.15, -0.1) is 0 Å². The molecule has 0 saturated carbocycles. The average Bonchev–Trinajstić information content (AvgIpc) is 2.69. The highest BCUT2D eigenvalue weighted by molar-refractivity contribution is 7.89. The number of nitrogens with zero attached hydrogens (tertiary/aromatic N) is 1. The van der Waals surface area contributed by atoms with E-state index in [4.69, 9.17) is 0 Å². The summed E-state index contributed by atoms with van der Waals surface area (Å²) in [4.78, 5) is 22.2. The minimum absolute atomic E-state index is 0.259. The van der Waals surface area contributed by atoms with Crippen molar-refractivity contribution in [2.75, 3.05) is 26.2 Å². The Hall–Kier alpha value is -0.990. The van der Waals surface area contributed by atoms with E-state index >= 15 is 0 Å². The van der Waals surface area contributed by atoms with Gasteiger partial charge in [0.05, 0.1) is 18.3 Å². The molecule has 0 aromatic carbocycles. The molecule has 2 saturated heterocycles. The maximum absolute atomic E-state index is 12.0. The van der Waals surface area contributed by atoms with Crippen molar-refractivity contribution in [1.29, 1.82) is 0 Å². The van der Waals surface area contributed by atoms with E-state index in [1.54, 1.807) is 0 Å². The summed E-state index contributed by atoms with van der Waals surface area (Å²) in [7, 11) is -3.54. The monoisotopic (exact) mass is 247 g/mol. The Bertz CT molecular complexity index is 397. The van der Waals surface area contributed by atoms with Gasteiger partial charge in [0.1, 0.15) is 0 Å². The second-order valence-electron chi connectivity index (χ2n) is 3.90. The van der Waals surface area contributed by atoms with E-state index in [0.29, 0.717) is 19.5 Å². The van der Waals surface area contributed by atoms with Crippen molar-refractivity contribution >= 4 is 21.8 Å². The van der Waals surface area contributed by atoms with Crippen LogP contribution < -0.4 is 10.6 Å². The largest absolute Gasteiger partial charge is 0.315 e. The fraction of sp³-hybridized carbons (Fsp3) is 0.750. The number of carbonyl (C=O) groups is 2. The smallest absolute Gasteiger partial charge is 0.241 e. The van der Waals surface area contributed by atoms with Crippen molar-refractivity contribution in [3.8, 4) is 0 Å². The lowest BCUT2D eigenvalue weighted by Gasteiger charge is -2.27. The highest BCUT2D eigenvalue weighted by atomic mass is 32.2. The summed E-state index contributed by atoms with van der Waals surface area (Å²) < 4.78 is 25.0. The second-order valence-corrected chi connectivity index (χ2v) is 6.11. The zero-order valence-electron chi connectivity index (χ0n) is 8.60. The average molecular weight is 247 g/mol. The van der Waals surface area contributed by atoms with Crippen LogP contribution in [0.1, 0.15) is 6.42 Å². The van der Waals surface area contributed by atoms with E-state index < -0.39 is 27.1 Å². The zero-order valence-corrected chi connectivity index (χ0v) is 9.42. The minimum Gasteiger partial charge on any atom is -0.315 e. The molecule has 2 amide bonds. The van der Waals surface area contributed by atoms with Crippen LogP contribution in [-0.2, 0) is 19.6 Å². The first-order valence-electron chi connectivity index (χ1n) is 5.02. The molecule has 0 aromatic heterocycles. The van der Waals surface area contributed by atoms with Crippen molar-refractivity contribution in [1.82, 2.24) is 14.9 Å². The lowest BCUT2D eigenvalue weighted by atomic mass is 10.4. The predicted octanol–water partition coefficient (Wildman–Crippen LogP) is -2.36. The Morgan fingerprint density at radius 2 is 1.81 bits per heavy atom. The van der Waals surface area contributed by atoms with E-state index in [1.165, 1.54) is 0 Å². The van der Waals surface area contributed by atoms with Gasteiger partial charge in [0.25, 0.3) is 0 Å². The number of nitrogens with one attached hydrogen (secondary N) is 2. The third kappa shape index (κ3) is 2.08. The first kappa shape index (κ1) is 11.5. The zero-order chi connectivity index (χ0) is 11.8. The Morgan fingerprint density at radius 1 is 1.19 bits per heavy atom. The number of amides is 2. The van der Waals surface area contributed by atoms with Gasteiger partial charge in [-0.3, -0.25) is 14.9 Å². The molecule has 2 aliphatic rings. The summed E-state index contributed by atoms with van der Waals surface area (Å²) in [6, 6.07) is 0. The quantitative estimate of drug-likeness (QED) is 0.532. The number of sulfonamides is 1. The molecule has 16 heavy (non-hydrogen) atoms. The van der Waals surface area contributed by atoms with Gasteiger partial charge in [-0.25, -0.2) is 8.42 Å². The van der Waals surface area contributed by atoms with Gasteiger partial charge < -0.3 is 5.32 Å². The predicted molar refractivity (Wildman–Crippen MR) is 54.9 cm³/mol. The van der Waals surface area contributed by atoms with Crippen LogP contribution in [0.25, 0.3) is 0 Å². The molecule has 2 heterocycles. The maximum atomic E-state index is 12.0. The minimum atomic E-state index is -3.54. The Labute approximate surface area is 93.2 Å². The van der Waals surface area contributed by atoms with E-state index in [-0.39, 0.29) is 13.1 Å². The van der Waals surface area contributed by atoms with Crippen molar-refractivity contribution in [2.45, 2.75) is 11.7 Å². The Kier molecular flexibility index (Phi) is 2.96. The van der Waals surface area contributed by atoms with Crippen LogP contribution in [0, 0.1) is 0 Å². The lowest BCUT2D eigenvalue weighted by Crippen LogP contribution is -2.55. The molecule has 90 valence electrons. The van der Waals surface area contributed by atoms with Crippen molar-refractivity contribution in [2.24, 2.45) is 0 Å². The summed E-state index contributed by atoms with van der Waals surface area (Å²) in [6.45, 7) is 0.516. The molecule has 7 nitrogen and oxygen atoms in total. The summed E-state index contributed by atoms with van der Waals surface area (Å²) >= 11 is 0. The SMILES string of the molecule is O=C1CN(S(=O)(=O)C2CCNC2)CC(=O)N1. The molecule has 2 fully saturated rings. The van der Waals surface area contributed by atoms with E-state index in [2.05, 4.69) is 10.6 Å². The molecule has 1 unspecified atom stereocenters. The third-order valence-electron chi connectivity index (χ3n) is 2.71. The summed E-state index contributed by atoms with van der Waals surface area (Å²) in [5.41, 5.74) is 0. The molecule has 2 N–H and O–H groups in total. The van der Waals surface area contributed by atoms with Crippen molar-refractivity contribution in [3.05, 3.63) is 0 Å². The molecular weight excluding hydrogens is 234 g/mol. The van der Waals surface area contributed by atoms with Crippen LogP contribution in [0.2, 0.25) is 0 Å². The number of hydrogen-bond acceptors (Lipinski definition) is 5. The van der Waals surface area contributed by atoms with Crippen molar-refractivity contribution < 1.29 is 18.0 Å². The van der Waals surface area contributed by atoms with Gasteiger partial charge in [0.2, 0.25) is 21.8 Å². The Morgan fingerprint density at radius 3 is 2.31 bits per heavy atom. The first-order chi connectivity index (χ1) is 7.50. The van der Waals surface area contributed by atoms with E-state index in [1.807, 2.05) is 0 Å². The van der Waals surface area contributed by atoms with Crippen LogP contribution in [0.3, 0.4) is 0 Å². The molecule has 2 rings (SSSR count). The van der Waals surface area contributed by atoms with Crippen LogP contribution in [-0.4, -0.2) is 56.0 Å². The molecule has 0 aliphatic carbocycles. The molecule has 1 atom stereocenters. The summed E-state index contributed by atoms with van der Waals surface area (Å²) in [6.07, 6.45) is 0.522. The fourth-order valence-electron chi connectivity index (χ4n) is 1.88. The molecule has 0 aromatic rings. The standard InChI is InChI=1S/C8H13N3O4S/c12-7-4-11(5-8(13)10-7)16(14,15)6-1-2-9-3-6/h6,9H,1-5H2,(H,10,12,13). The van der Waals surface area contributed by atoms with Crippen LogP contribution in [0.15, 0.2) is 0 Å². The van der Waals surface area contributed by atoms with Gasteiger partial charge >= 0.3 is 0 Å². The Balaban J connectivity index is 2.16. The molecule has 8 heteroatoms. The number of imide groups is 1. The molecule has 0 spiro atoms. The number of hydrogen-bond donors (Lipinski definition) is 2. The first-order valence-corrected chi connectivity index (χ1v) is 6.53. The molecule has 0 bridgehead atoms. The topological polar surface area (TPSA) is 95.6 Å². The van der Waals surface area contributed by atoms with Gasteiger partial charge in [-0.2, -0.15) is 4.31 Å². The summed E-state index contributed by atoms with van der Waals surface area (Å²) in [5.74, 6) is -1.13. The molecule has 0 radical (unpaired) electrons. The molecular formula is C8H13N3O4S. The second kappa shape index (κ2) is 4.11. The normalized spacial score (nSPS) is 28.1. The van der Waals surface area contributed by atoms with Gasteiger partial charge in [-0.1, -0.05) is 0 Å². The third-order valence-corrected chi connectivity index (χ3v) is 4.94. The number of piperazine rings is 1. The number of carbonyl (C=O) groups excluding carboxylic acids is 2. The van der Waals surface area contributed by atoms with Gasteiger partial charge in [0.15, 0.2) is 0 Å². The van der Waals surface area contributed by atoms with Crippen LogP contribution in [0.5, 0.6) is 0 Å². The highest BCUT2D eigenvalue weighted by Crippen LogP contribution is 2.16. The highest BCUT2D eigenvalue weighted by Gasteiger charge is 2.38. The van der Waals surface area contributed by atoms with E-state index in [9.17, 15) is 18.0 Å². The van der Waals surface area contributed by atoms with Crippen molar-refractivity contribution in [3.63, 3.8) is 0 Å². The van der Waals surface area contributed by atoms with Gasteiger partial charge in [-0.05, 0) is 13.0 Å². The maximum Gasteiger partial charge on any atom is 0.241 e. The van der Waals surface area contributed by atoms with E-state index in [0.717, 1.165) is 4.31 Å². The molecule has 2 aliphatic heterocycles. The fourth-order valence-corrected chi connectivity index (χ4v) is 3.64. The summed E-state index contributed by atoms with van der Waals surface area (Å²) in [5, 5.41) is 4.50. The van der Waals surface area contributed by atoms with Crippen LogP contribution >= 0.6 is 0 Å². The van der Waals surface area contributed by atoms with Crippen LogP contribution in [0.4, 0.5) is 0 Å². The van der Waals surface area contributed by atoms with Gasteiger partial charge in [0, 0.05) is 6.54 Å².